The van der Waals surface area contributed by atoms with Crippen molar-refractivity contribution in [2.24, 2.45) is 0 Å². The lowest BCUT2D eigenvalue weighted by atomic mass is 9.84. The minimum atomic E-state index is -1.05. The van der Waals surface area contributed by atoms with Gasteiger partial charge < -0.3 is 10.4 Å². The van der Waals surface area contributed by atoms with Crippen molar-refractivity contribution >= 4 is 35.1 Å². The van der Waals surface area contributed by atoms with E-state index in [4.69, 9.17) is 23.2 Å². The Balaban J connectivity index is 2.51. The highest BCUT2D eigenvalue weighted by Gasteiger charge is 2.31. The van der Waals surface area contributed by atoms with Crippen molar-refractivity contribution in [2.75, 3.05) is 0 Å². The lowest BCUT2D eigenvalue weighted by Gasteiger charge is -2.25. The van der Waals surface area contributed by atoms with Crippen LogP contribution in [0.3, 0.4) is 0 Å². The van der Waals surface area contributed by atoms with Crippen molar-refractivity contribution in [1.82, 2.24) is 5.32 Å². The number of carboxylic acids is 1. The number of hydrogen-bond donors (Lipinski definition) is 2. The van der Waals surface area contributed by atoms with Gasteiger partial charge in [0.2, 0.25) is 5.91 Å². The Morgan fingerprint density at radius 2 is 2.05 bits per heavy atom. The van der Waals surface area contributed by atoms with Crippen molar-refractivity contribution in [3.63, 3.8) is 0 Å². The van der Waals surface area contributed by atoms with E-state index in [0.29, 0.717) is 21.3 Å². The molecule has 1 aromatic rings. The van der Waals surface area contributed by atoms with Crippen LogP contribution in [0.2, 0.25) is 10.0 Å². The van der Waals surface area contributed by atoms with Gasteiger partial charge in [0, 0.05) is 18.0 Å². The molecule has 1 aliphatic rings. The van der Waals surface area contributed by atoms with Gasteiger partial charge in [0.15, 0.2) is 0 Å². The molecule has 0 saturated heterocycles. The van der Waals surface area contributed by atoms with Crippen LogP contribution in [0.15, 0.2) is 29.5 Å². The van der Waals surface area contributed by atoms with Gasteiger partial charge in [0.25, 0.3) is 0 Å². The highest BCUT2D eigenvalue weighted by atomic mass is 35.5. The third-order valence-electron chi connectivity index (χ3n) is 3.05. The zero-order chi connectivity index (χ0) is 14.2. The smallest absolute Gasteiger partial charge is 0.333 e. The van der Waals surface area contributed by atoms with Gasteiger partial charge in [-0.3, -0.25) is 4.79 Å². The SMILES string of the molecule is CC1=C(C(=O)O)C(c2ccc(Cl)c(Cl)c2)CC(=O)N1. The fourth-order valence-electron chi connectivity index (χ4n) is 2.20. The molecule has 2 rings (SSSR count). The number of carbonyl (C=O) groups excluding carboxylic acids is 1. The van der Waals surface area contributed by atoms with Crippen LogP contribution in [0.4, 0.5) is 0 Å². The molecule has 1 atom stereocenters. The van der Waals surface area contributed by atoms with Gasteiger partial charge in [-0.1, -0.05) is 29.3 Å². The number of carboxylic acid groups (broad SMARTS) is 1. The van der Waals surface area contributed by atoms with Crippen molar-refractivity contribution in [3.05, 3.63) is 45.1 Å². The van der Waals surface area contributed by atoms with E-state index in [1.54, 1.807) is 25.1 Å². The molecule has 1 unspecified atom stereocenters. The Hall–Kier alpha value is -1.52. The van der Waals surface area contributed by atoms with Crippen LogP contribution in [-0.4, -0.2) is 17.0 Å². The van der Waals surface area contributed by atoms with E-state index in [0.717, 1.165) is 0 Å². The predicted octanol–water partition coefficient (Wildman–Crippen LogP) is 2.96. The molecule has 0 radical (unpaired) electrons. The van der Waals surface area contributed by atoms with E-state index >= 15 is 0 Å². The number of allylic oxidation sites excluding steroid dienone is 1. The number of benzene rings is 1. The van der Waals surface area contributed by atoms with Gasteiger partial charge in [-0.05, 0) is 24.6 Å². The normalized spacial score (nSPS) is 19.3. The number of carbonyl (C=O) groups is 2. The molecule has 19 heavy (non-hydrogen) atoms. The minimum absolute atomic E-state index is 0.0803. The Labute approximate surface area is 120 Å². The first-order chi connectivity index (χ1) is 8.90. The molecular formula is C13H11Cl2NO3. The molecule has 1 heterocycles. The van der Waals surface area contributed by atoms with Gasteiger partial charge in [0.1, 0.15) is 0 Å². The van der Waals surface area contributed by atoms with E-state index in [1.165, 1.54) is 0 Å². The second kappa shape index (κ2) is 5.23. The van der Waals surface area contributed by atoms with Crippen molar-refractivity contribution < 1.29 is 14.7 Å². The highest BCUT2D eigenvalue weighted by Crippen LogP contribution is 2.35. The molecule has 1 aliphatic heterocycles. The number of aliphatic carboxylic acids is 1. The summed E-state index contributed by atoms with van der Waals surface area (Å²) in [6, 6.07) is 4.89. The van der Waals surface area contributed by atoms with Gasteiger partial charge in [-0.2, -0.15) is 0 Å². The summed E-state index contributed by atoms with van der Waals surface area (Å²) in [6.45, 7) is 1.57. The Morgan fingerprint density at radius 1 is 1.37 bits per heavy atom. The van der Waals surface area contributed by atoms with Gasteiger partial charge >= 0.3 is 5.97 Å². The van der Waals surface area contributed by atoms with Crippen LogP contribution < -0.4 is 5.32 Å². The second-order valence-corrected chi connectivity index (χ2v) is 5.14. The first-order valence-corrected chi connectivity index (χ1v) is 6.34. The van der Waals surface area contributed by atoms with Crippen LogP contribution in [0, 0.1) is 0 Å². The Bertz CT molecular complexity index is 596. The maximum Gasteiger partial charge on any atom is 0.333 e. The zero-order valence-electron chi connectivity index (χ0n) is 10.0. The Kier molecular flexibility index (Phi) is 3.83. The van der Waals surface area contributed by atoms with Crippen LogP contribution in [0.25, 0.3) is 0 Å². The van der Waals surface area contributed by atoms with E-state index < -0.39 is 11.9 Å². The first kappa shape index (κ1) is 13.9. The van der Waals surface area contributed by atoms with Gasteiger partial charge in [0.05, 0.1) is 15.6 Å². The van der Waals surface area contributed by atoms with E-state index in [-0.39, 0.29) is 17.9 Å². The maximum atomic E-state index is 11.6. The third-order valence-corrected chi connectivity index (χ3v) is 3.78. The van der Waals surface area contributed by atoms with Gasteiger partial charge in [-0.25, -0.2) is 4.79 Å². The molecule has 0 aromatic heterocycles. The van der Waals surface area contributed by atoms with E-state index in [1.807, 2.05) is 0 Å². The summed E-state index contributed by atoms with van der Waals surface area (Å²) < 4.78 is 0. The maximum absolute atomic E-state index is 11.6. The molecule has 0 spiro atoms. The summed E-state index contributed by atoms with van der Waals surface area (Å²) in [5.74, 6) is -1.77. The average molecular weight is 300 g/mol. The number of hydrogen-bond acceptors (Lipinski definition) is 2. The predicted molar refractivity (Wildman–Crippen MR) is 72.3 cm³/mol. The molecule has 1 amide bonds. The fraction of sp³-hybridized carbons (Fsp3) is 0.231. The zero-order valence-corrected chi connectivity index (χ0v) is 11.5. The standard InChI is InChI=1S/C13H11Cl2NO3/c1-6-12(13(18)19)8(5-11(17)16-6)7-2-3-9(14)10(15)4-7/h2-4,8H,5H2,1H3,(H,16,17)(H,18,19). The van der Waals surface area contributed by atoms with Crippen molar-refractivity contribution in [2.45, 2.75) is 19.3 Å². The topological polar surface area (TPSA) is 66.4 Å². The van der Waals surface area contributed by atoms with Crippen LogP contribution in [0.1, 0.15) is 24.8 Å². The number of halogens is 2. The molecule has 100 valence electrons. The summed E-state index contributed by atoms with van der Waals surface area (Å²) in [5.41, 5.74) is 1.21. The fourth-order valence-corrected chi connectivity index (χ4v) is 2.51. The van der Waals surface area contributed by atoms with E-state index in [9.17, 15) is 14.7 Å². The molecule has 4 nitrogen and oxygen atoms in total. The molecule has 1 aromatic carbocycles. The number of amides is 1. The third kappa shape index (κ3) is 2.74. The first-order valence-electron chi connectivity index (χ1n) is 5.59. The quantitative estimate of drug-likeness (QED) is 0.882. The summed E-state index contributed by atoms with van der Waals surface area (Å²) >= 11 is 11.8. The summed E-state index contributed by atoms with van der Waals surface area (Å²) in [6.07, 6.45) is 0.0803. The highest BCUT2D eigenvalue weighted by molar-refractivity contribution is 6.42. The Morgan fingerprint density at radius 3 is 2.63 bits per heavy atom. The summed E-state index contributed by atoms with van der Waals surface area (Å²) in [5, 5.41) is 12.6. The summed E-state index contributed by atoms with van der Waals surface area (Å²) in [7, 11) is 0. The minimum Gasteiger partial charge on any atom is -0.478 e. The van der Waals surface area contributed by atoms with Crippen molar-refractivity contribution in [3.8, 4) is 0 Å². The van der Waals surface area contributed by atoms with Crippen molar-refractivity contribution in [1.29, 1.82) is 0 Å². The summed E-state index contributed by atoms with van der Waals surface area (Å²) in [4.78, 5) is 22.9. The molecule has 6 heteroatoms. The number of nitrogens with one attached hydrogen (secondary N) is 1. The molecule has 0 saturated carbocycles. The largest absolute Gasteiger partial charge is 0.478 e. The average Bonchev–Trinajstić information content (AvgIpc) is 2.31. The van der Waals surface area contributed by atoms with Gasteiger partial charge in [-0.15, -0.1) is 0 Å². The monoisotopic (exact) mass is 299 g/mol. The second-order valence-electron chi connectivity index (χ2n) is 4.32. The van der Waals surface area contributed by atoms with Crippen LogP contribution >= 0.6 is 23.2 Å². The molecule has 0 fully saturated rings. The lowest BCUT2D eigenvalue weighted by Crippen LogP contribution is -2.33. The molecule has 0 bridgehead atoms. The lowest BCUT2D eigenvalue weighted by molar-refractivity contribution is -0.133. The van der Waals surface area contributed by atoms with E-state index in [2.05, 4.69) is 5.32 Å². The molecular weight excluding hydrogens is 289 g/mol. The molecule has 2 N–H and O–H groups in total. The number of rotatable bonds is 2. The van der Waals surface area contributed by atoms with Crippen LogP contribution in [-0.2, 0) is 9.59 Å². The van der Waals surface area contributed by atoms with Crippen LogP contribution in [0.5, 0.6) is 0 Å². The molecule has 0 aliphatic carbocycles.